The van der Waals surface area contributed by atoms with Crippen LogP contribution in [0.4, 0.5) is 5.69 Å². The van der Waals surface area contributed by atoms with Gasteiger partial charge in [-0.15, -0.1) is 0 Å². The Labute approximate surface area is 175 Å². The average molecular weight is 394 g/mol. The molecule has 2 N–H and O–H groups in total. The molecule has 1 aliphatic rings. The Morgan fingerprint density at radius 1 is 1.03 bits per heavy atom. The molecule has 5 nitrogen and oxygen atoms in total. The van der Waals surface area contributed by atoms with Gasteiger partial charge in [-0.1, -0.05) is 42.5 Å². The molecule has 0 amide bonds. The molecular formula is C24H35N5. The predicted octanol–water partition coefficient (Wildman–Crippen LogP) is 3.82. The van der Waals surface area contributed by atoms with E-state index >= 15 is 0 Å². The molecule has 0 radical (unpaired) electrons. The molecule has 1 aliphatic heterocycles. The minimum absolute atomic E-state index is 0.179. The Bertz CT molecular complexity index is 781. The van der Waals surface area contributed by atoms with Crippen molar-refractivity contribution in [3.63, 3.8) is 0 Å². The number of aliphatic imine (C=N–C) groups is 1. The zero-order valence-electron chi connectivity index (χ0n) is 18.2. The van der Waals surface area contributed by atoms with Crippen molar-refractivity contribution in [2.75, 3.05) is 45.7 Å². The summed E-state index contributed by atoms with van der Waals surface area (Å²) in [6.07, 6.45) is 2.59. The van der Waals surface area contributed by atoms with E-state index in [1.807, 2.05) is 7.05 Å². The van der Waals surface area contributed by atoms with Crippen LogP contribution in [0.25, 0.3) is 0 Å². The standard InChI is InChI=1S/C24H35N5/c1-19(21-13-10-14-22(17-21)29-15-8-9-16-29)27-24(25-2)26-18-23(28(3)4)20-11-6-5-7-12-20/h5-7,10-14,17,19,23H,8-9,15-16,18H2,1-4H3,(H2,25,26,27). The Morgan fingerprint density at radius 3 is 2.38 bits per heavy atom. The number of rotatable bonds is 7. The molecule has 1 fully saturated rings. The van der Waals surface area contributed by atoms with Gasteiger partial charge in [-0.05, 0) is 57.1 Å². The maximum atomic E-state index is 4.44. The molecule has 156 valence electrons. The zero-order chi connectivity index (χ0) is 20.6. The molecule has 3 rings (SSSR count). The van der Waals surface area contributed by atoms with Gasteiger partial charge >= 0.3 is 0 Å². The average Bonchev–Trinajstić information content (AvgIpc) is 3.28. The molecule has 0 aromatic heterocycles. The number of hydrogen-bond donors (Lipinski definition) is 2. The van der Waals surface area contributed by atoms with Crippen molar-refractivity contribution < 1.29 is 0 Å². The van der Waals surface area contributed by atoms with Crippen molar-refractivity contribution in [2.45, 2.75) is 31.8 Å². The highest BCUT2D eigenvalue weighted by molar-refractivity contribution is 5.80. The molecule has 29 heavy (non-hydrogen) atoms. The number of guanidine groups is 1. The van der Waals surface area contributed by atoms with Gasteiger partial charge in [-0.2, -0.15) is 0 Å². The summed E-state index contributed by atoms with van der Waals surface area (Å²) in [5, 5.41) is 7.05. The lowest BCUT2D eigenvalue weighted by Crippen LogP contribution is -2.42. The van der Waals surface area contributed by atoms with E-state index in [-0.39, 0.29) is 12.1 Å². The van der Waals surface area contributed by atoms with Crippen molar-refractivity contribution in [1.29, 1.82) is 0 Å². The molecule has 0 aliphatic carbocycles. The van der Waals surface area contributed by atoms with Crippen molar-refractivity contribution in [2.24, 2.45) is 4.99 Å². The lowest BCUT2D eigenvalue weighted by molar-refractivity contribution is 0.298. The van der Waals surface area contributed by atoms with Crippen molar-refractivity contribution in [1.82, 2.24) is 15.5 Å². The first-order valence-electron chi connectivity index (χ1n) is 10.6. The molecule has 5 heteroatoms. The van der Waals surface area contributed by atoms with Crippen LogP contribution in [-0.2, 0) is 0 Å². The second kappa shape index (κ2) is 10.3. The summed E-state index contributed by atoms with van der Waals surface area (Å²) in [6.45, 7) is 5.31. The van der Waals surface area contributed by atoms with Crippen LogP contribution in [-0.4, -0.2) is 51.6 Å². The van der Waals surface area contributed by atoms with Gasteiger partial charge in [-0.3, -0.25) is 4.99 Å². The highest BCUT2D eigenvalue weighted by Crippen LogP contribution is 2.24. The predicted molar refractivity (Wildman–Crippen MR) is 124 cm³/mol. The number of benzene rings is 2. The quantitative estimate of drug-likeness (QED) is 0.554. The largest absolute Gasteiger partial charge is 0.372 e. The van der Waals surface area contributed by atoms with Crippen LogP contribution >= 0.6 is 0 Å². The zero-order valence-corrected chi connectivity index (χ0v) is 18.2. The normalized spacial score (nSPS) is 16.7. The van der Waals surface area contributed by atoms with Crippen LogP contribution in [0.15, 0.2) is 59.6 Å². The van der Waals surface area contributed by atoms with Crippen molar-refractivity contribution >= 4 is 11.6 Å². The van der Waals surface area contributed by atoms with Crippen molar-refractivity contribution in [3.8, 4) is 0 Å². The van der Waals surface area contributed by atoms with Gasteiger partial charge in [0.1, 0.15) is 0 Å². The lowest BCUT2D eigenvalue weighted by atomic mass is 10.1. The third-order valence-corrected chi connectivity index (χ3v) is 5.69. The van der Waals surface area contributed by atoms with Gasteiger partial charge in [0, 0.05) is 32.4 Å². The Balaban J connectivity index is 1.61. The summed E-state index contributed by atoms with van der Waals surface area (Å²) in [6, 6.07) is 19.9. The van der Waals surface area contributed by atoms with E-state index in [9.17, 15) is 0 Å². The van der Waals surface area contributed by atoms with Crippen molar-refractivity contribution in [3.05, 3.63) is 65.7 Å². The summed E-state index contributed by atoms with van der Waals surface area (Å²) in [5.74, 6) is 0.826. The number of nitrogens with one attached hydrogen (secondary N) is 2. The fourth-order valence-corrected chi connectivity index (χ4v) is 3.92. The summed E-state index contributed by atoms with van der Waals surface area (Å²) in [7, 11) is 6.06. The Kier molecular flexibility index (Phi) is 7.53. The number of anilines is 1. The van der Waals surface area contributed by atoms with E-state index in [1.165, 1.54) is 42.7 Å². The first-order chi connectivity index (χ1) is 14.1. The highest BCUT2D eigenvalue weighted by atomic mass is 15.2. The number of nitrogens with zero attached hydrogens (tertiary/aromatic N) is 3. The van der Waals surface area contributed by atoms with Gasteiger partial charge < -0.3 is 20.4 Å². The first-order valence-corrected chi connectivity index (χ1v) is 10.6. The van der Waals surface area contributed by atoms with Gasteiger partial charge in [0.15, 0.2) is 5.96 Å². The van der Waals surface area contributed by atoms with E-state index < -0.39 is 0 Å². The third-order valence-electron chi connectivity index (χ3n) is 5.69. The van der Waals surface area contributed by atoms with Crippen LogP contribution < -0.4 is 15.5 Å². The SMILES string of the molecule is CN=C(NCC(c1ccccc1)N(C)C)NC(C)c1cccc(N2CCCC2)c1. The molecule has 2 aromatic rings. The molecule has 1 heterocycles. The molecule has 2 unspecified atom stereocenters. The molecule has 0 spiro atoms. The molecule has 1 saturated heterocycles. The monoisotopic (exact) mass is 393 g/mol. The summed E-state index contributed by atoms with van der Waals surface area (Å²) >= 11 is 0. The Morgan fingerprint density at radius 2 is 1.72 bits per heavy atom. The van der Waals surface area contributed by atoms with Gasteiger partial charge in [0.05, 0.1) is 12.1 Å². The van der Waals surface area contributed by atoms with Crippen LogP contribution in [0.1, 0.15) is 43.0 Å². The minimum atomic E-state index is 0.179. The van der Waals surface area contributed by atoms with Crippen LogP contribution in [0.5, 0.6) is 0 Å². The molecule has 0 saturated carbocycles. The van der Waals surface area contributed by atoms with Gasteiger partial charge in [0.2, 0.25) is 0 Å². The number of hydrogen-bond acceptors (Lipinski definition) is 3. The summed E-state index contributed by atoms with van der Waals surface area (Å²) < 4.78 is 0. The van der Waals surface area contributed by atoms with Crippen LogP contribution in [0.3, 0.4) is 0 Å². The van der Waals surface area contributed by atoms with Crippen LogP contribution in [0.2, 0.25) is 0 Å². The third kappa shape index (κ3) is 5.73. The number of likely N-dealkylation sites (N-methyl/N-ethyl adjacent to an activating group) is 1. The smallest absolute Gasteiger partial charge is 0.191 e. The van der Waals surface area contributed by atoms with E-state index in [1.54, 1.807) is 0 Å². The summed E-state index contributed by atoms with van der Waals surface area (Å²) in [5.41, 5.74) is 3.91. The second-order valence-electron chi connectivity index (χ2n) is 8.00. The molecule has 2 atom stereocenters. The molecule has 0 bridgehead atoms. The molecular weight excluding hydrogens is 358 g/mol. The van der Waals surface area contributed by atoms with Gasteiger partial charge in [0.25, 0.3) is 0 Å². The fraction of sp³-hybridized carbons (Fsp3) is 0.458. The minimum Gasteiger partial charge on any atom is -0.372 e. The highest BCUT2D eigenvalue weighted by Gasteiger charge is 2.17. The van der Waals surface area contributed by atoms with E-state index in [0.29, 0.717) is 0 Å². The lowest BCUT2D eigenvalue weighted by Gasteiger charge is -2.27. The topological polar surface area (TPSA) is 42.9 Å². The van der Waals surface area contributed by atoms with Crippen LogP contribution in [0, 0.1) is 0 Å². The van der Waals surface area contributed by atoms with Gasteiger partial charge in [-0.25, -0.2) is 0 Å². The molecule has 2 aromatic carbocycles. The van der Waals surface area contributed by atoms with E-state index in [4.69, 9.17) is 0 Å². The maximum absolute atomic E-state index is 4.44. The van der Waals surface area contributed by atoms with E-state index in [2.05, 4.69) is 101 Å². The summed E-state index contributed by atoms with van der Waals surface area (Å²) in [4.78, 5) is 9.16. The fourth-order valence-electron chi connectivity index (χ4n) is 3.92. The Hall–Kier alpha value is -2.53. The maximum Gasteiger partial charge on any atom is 0.191 e. The second-order valence-corrected chi connectivity index (χ2v) is 8.00. The van der Waals surface area contributed by atoms with E-state index in [0.717, 1.165) is 12.5 Å². The first kappa shape index (κ1) is 21.2.